The minimum absolute atomic E-state index is 0.0789. The molecule has 6 nitrogen and oxygen atoms in total. The maximum atomic E-state index is 12.0. The van der Waals surface area contributed by atoms with E-state index in [-0.39, 0.29) is 11.3 Å². The number of fused-ring (bicyclic) bond motifs is 4. The van der Waals surface area contributed by atoms with E-state index in [1.807, 2.05) is 16.7 Å². The van der Waals surface area contributed by atoms with Gasteiger partial charge in [0.05, 0.1) is 6.54 Å². The molecule has 0 radical (unpaired) electrons. The van der Waals surface area contributed by atoms with E-state index in [4.69, 9.17) is 4.42 Å². The number of aromatic hydroxyl groups is 1. The van der Waals surface area contributed by atoms with E-state index in [9.17, 15) is 14.7 Å². The topological polar surface area (TPSA) is 75.7 Å². The zero-order valence-corrected chi connectivity index (χ0v) is 12.6. The van der Waals surface area contributed by atoms with Gasteiger partial charge in [0, 0.05) is 43.4 Å². The number of hydrogen-bond donors (Lipinski definition) is 1. The Morgan fingerprint density at radius 2 is 2.09 bits per heavy atom. The van der Waals surface area contributed by atoms with Gasteiger partial charge in [0.15, 0.2) is 5.75 Å². The molecule has 4 heterocycles. The van der Waals surface area contributed by atoms with Gasteiger partial charge in [-0.3, -0.25) is 14.5 Å². The third kappa shape index (κ3) is 2.59. The van der Waals surface area contributed by atoms with Crippen LogP contribution in [0, 0.1) is 5.92 Å². The third-order valence-corrected chi connectivity index (χ3v) is 4.80. The molecule has 0 aliphatic carbocycles. The summed E-state index contributed by atoms with van der Waals surface area (Å²) in [5, 5.41) is 9.26. The van der Waals surface area contributed by atoms with E-state index < -0.39 is 5.43 Å². The van der Waals surface area contributed by atoms with Gasteiger partial charge in [-0.15, -0.1) is 0 Å². The molecular formula is C17H18N2O4. The lowest BCUT2D eigenvalue weighted by atomic mass is 9.83. The second-order valence-electron chi connectivity index (χ2n) is 6.49. The molecule has 2 aliphatic heterocycles. The van der Waals surface area contributed by atoms with Crippen LogP contribution in [0.25, 0.3) is 0 Å². The van der Waals surface area contributed by atoms with Crippen LogP contribution in [-0.2, 0) is 13.1 Å². The van der Waals surface area contributed by atoms with E-state index in [0.29, 0.717) is 24.1 Å². The largest absolute Gasteiger partial charge is 0.502 e. The van der Waals surface area contributed by atoms with Gasteiger partial charge in [-0.1, -0.05) is 6.07 Å². The highest BCUT2D eigenvalue weighted by Crippen LogP contribution is 2.35. The van der Waals surface area contributed by atoms with Crippen molar-refractivity contribution in [2.75, 3.05) is 13.1 Å². The second kappa shape index (κ2) is 5.38. The predicted molar refractivity (Wildman–Crippen MR) is 83.5 cm³/mol. The Kier molecular flexibility index (Phi) is 3.34. The fourth-order valence-corrected chi connectivity index (χ4v) is 3.87. The van der Waals surface area contributed by atoms with Crippen LogP contribution < -0.4 is 11.0 Å². The molecule has 0 aromatic carbocycles. The van der Waals surface area contributed by atoms with Crippen molar-refractivity contribution in [2.45, 2.75) is 25.4 Å². The summed E-state index contributed by atoms with van der Waals surface area (Å²) in [6.45, 7) is 3.01. The molecule has 0 amide bonds. The lowest BCUT2D eigenvalue weighted by Crippen LogP contribution is -2.46. The van der Waals surface area contributed by atoms with Crippen LogP contribution in [0.3, 0.4) is 0 Å². The van der Waals surface area contributed by atoms with Gasteiger partial charge < -0.3 is 14.1 Å². The molecule has 0 spiro atoms. The average molecular weight is 314 g/mol. The van der Waals surface area contributed by atoms with Crippen LogP contribution in [0.2, 0.25) is 0 Å². The van der Waals surface area contributed by atoms with Gasteiger partial charge in [0.25, 0.3) is 5.56 Å². The van der Waals surface area contributed by atoms with Crippen molar-refractivity contribution in [3.63, 3.8) is 0 Å². The van der Waals surface area contributed by atoms with Gasteiger partial charge >= 0.3 is 0 Å². The SMILES string of the molecule is O=c1cc(CN2C[C@H]3C[C@@H](C2)c2cccc(=O)n2C3)occ1O. The molecule has 0 saturated carbocycles. The molecular weight excluding hydrogens is 296 g/mol. The minimum Gasteiger partial charge on any atom is -0.502 e. The van der Waals surface area contributed by atoms with Crippen molar-refractivity contribution < 1.29 is 9.52 Å². The quantitative estimate of drug-likeness (QED) is 0.899. The fraction of sp³-hybridized carbons (Fsp3) is 0.412. The summed E-state index contributed by atoms with van der Waals surface area (Å²) in [4.78, 5) is 25.8. The molecule has 2 aromatic rings. The standard InChI is InChI=1S/C17H18N2O4/c20-15-5-13(23-10-16(15)21)9-18-6-11-4-12(8-18)14-2-1-3-17(22)19(14)7-11/h1-3,5,10-12,21H,4,6-9H2/t11-,12+/m1/s1. The Labute approximate surface area is 132 Å². The molecule has 23 heavy (non-hydrogen) atoms. The number of likely N-dealkylation sites (tertiary alicyclic amines) is 1. The highest BCUT2D eigenvalue weighted by Gasteiger charge is 2.34. The Balaban J connectivity index is 1.57. The summed E-state index contributed by atoms with van der Waals surface area (Å²) < 4.78 is 7.21. The van der Waals surface area contributed by atoms with Crippen molar-refractivity contribution in [2.24, 2.45) is 5.92 Å². The van der Waals surface area contributed by atoms with E-state index in [0.717, 1.165) is 38.0 Å². The third-order valence-electron chi connectivity index (χ3n) is 4.80. The lowest BCUT2D eigenvalue weighted by molar-refractivity contribution is 0.107. The minimum atomic E-state index is -0.416. The highest BCUT2D eigenvalue weighted by atomic mass is 16.4. The Morgan fingerprint density at radius 3 is 2.91 bits per heavy atom. The summed E-state index contributed by atoms with van der Waals surface area (Å²) in [5.74, 6) is 0.959. The first-order valence-electron chi connectivity index (χ1n) is 7.83. The number of aromatic nitrogens is 1. The van der Waals surface area contributed by atoms with Crippen molar-refractivity contribution >= 4 is 0 Å². The first-order valence-corrected chi connectivity index (χ1v) is 7.83. The molecule has 2 atom stereocenters. The monoisotopic (exact) mass is 314 g/mol. The van der Waals surface area contributed by atoms with Crippen LogP contribution in [0.15, 0.2) is 44.5 Å². The predicted octanol–water partition coefficient (Wildman–Crippen LogP) is 1.13. The highest BCUT2D eigenvalue weighted by molar-refractivity contribution is 5.18. The molecule has 0 unspecified atom stereocenters. The molecule has 1 saturated heterocycles. The first kappa shape index (κ1) is 14.3. The van der Waals surface area contributed by atoms with E-state index in [1.165, 1.54) is 6.07 Å². The summed E-state index contributed by atoms with van der Waals surface area (Å²) in [6, 6.07) is 6.82. The smallest absolute Gasteiger partial charge is 0.250 e. The number of pyridine rings is 1. The lowest BCUT2D eigenvalue weighted by Gasteiger charge is -2.42. The zero-order chi connectivity index (χ0) is 16.0. The first-order chi connectivity index (χ1) is 11.1. The summed E-state index contributed by atoms with van der Waals surface area (Å²) in [6.07, 6.45) is 2.19. The number of piperidine rings is 1. The number of hydrogen-bond acceptors (Lipinski definition) is 5. The molecule has 6 heteroatoms. The Bertz CT molecular complexity index is 854. The van der Waals surface area contributed by atoms with Crippen LogP contribution >= 0.6 is 0 Å². The fourth-order valence-electron chi connectivity index (χ4n) is 3.87. The molecule has 120 valence electrons. The molecule has 2 bridgehead atoms. The number of nitrogens with zero attached hydrogens (tertiary/aromatic N) is 2. The van der Waals surface area contributed by atoms with Crippen LogP contribution in [0.4, 0.5) is 0 Å². The van der Waals surface area contributed by atoms with E-state index in [2.05, 4.69) is 4.90 Å². The van der Waals surface area contributed by atoms with Gasteiger partial charge in [-0.25, -0.2) is 0 Å². The van der Waals surface area contributed by atoms with Crippen molar-refractivity contribution in [3.05, 3.63) is 62.6 Å². The zero-order valence-electron chi connectivity index (χ0n) is 12.6. The van der Waals surface area contributed by atoms with Gasteiger partial charge in [-0.2, -0.15) is 0 Å². The molecule has 2 aliphatic rings. The summed E-state index contributed by atoms with van der Waals surface area (Å²) in [5.41, 5.74) is 0.765. The van der Waals surface area contributed by atoms with Crippen LogP contribution in [0.5, 0.6) is 5.75 Å². The summed E-state index contributed by atoms with van der Waals surface area (Å²) >= 11 is 0. The van der Waals surface area contributed by atoms with E-state index >= 15 is 0 Å². The van der Waals surface area contributed by atoms with Crippen LogP contribution in [0.1, 0.15) is 23.8 Å². The molecule has 2 aromatic heterocycles. The second-order valence-corrected chi connectivity index (χ2v) is 6.49. The van der Waals surface area contributed by atoms with Gasteiger partial charge in [-0.05, 0) is 18.4 Å². The molecule has 4 rings (SSSR count). The Hall–Kier alpha value is -2.34. The normalized spacial score (nSPS) is 23.5. The van der Waals surface area contributed by atoms with Crippen LogP contribution in [-0.4, -0.2) is 27.7 Å². The number of rotatable bonds is 2. The van der Waals surface area contributed by atoms with Crippen molar-refractivity contribution in [3.8, 4) is 5.75 Å². The summed E-state index contributed by atoms with van der Waals surface area (Å²) in [7, 11) is 0. The maximum absolute atomic E-state index is 12.0. The maximum Gasteiger partial charge on any atom is 0.250 e. The average Bonchev–Trinajstić information content (AvgIpc) is 2.52. The van der Waals surface area contributed by atoms with Crippen molar-refractivity contribution in [1.82, 2.24) is 9.47 Å². The molecule has 1 fully saturated rings. The van der Waals surface area contributed by atoms with Gasteiger partial charge in [0.1, 0.15) is 12.0 Å². The Morgan fingerprint density at radius 1 is 1.22 bits per heavy atom. The molecule has 1 N–H and O–H groups in total. The van der Waals surface area contributed by atoms with Crippen molar-refractivity contribution in [1.29, 1.82) is 0 Å². The van der Waals surface area contributed by atoms with E-state index in [1.54, 1.807) is 6.07 Å². The van der Waals surface area contributed by atoms with Gasteiger partial charge in [0.2, 0.25) is 5.43 Å².